The highest BCUT2D eigenvalue weighted by molar-refractivity contribution is 5.87. The van der Waals surface area contributed by atoms with Crippen molar-refractivity contribution in [3.8, 4) is 0 Å². The van der Waals surface area contributed by atoms with Crippen LogP contribution >= 0.6 is 0 Å². The normalized spacial score (nSPS) is 48.2. The number of carbonyl (C=O) groups excluding carboxylic acids is 2. The van der Waals surface area contributed by atoms with Crippen LogP contribution in [-0.2, 0) is 19.1 Å². The van der Waals surface area contributed by atoms with Crippen LogP contribution in [0.1, 0.15) is 27.2 Å². The smallest absolute Gasteiger partial charge is 0.333 e. The molecule has 4 heteroatoms. The summed E-state index contributed by atoms with van der Waals surface area (Å²) in [6.45, 7) is 9.39. The van der Waals surface area contributed by atoms with Crippen LogP contribution in [-0.4, -0.2) is 24.1 Å². The molecule has 0 spiro atoms. The molecule has 1 heterocycles. The molecule has 18 heavy (non-hydrogen) atoms. The van der Waals surface area contributed by atoms with Gasteiger partial charge in [0.25, 0.3) is 0 Å². The first-order valence-electron chi connectivity index (χ1n) is 6.43. The van der Waals surface area contributed by atoms with Crippen LogP contribution in [0, 0.1) is 23.2 Å². The van der Waals surface area contributed by atoms with Gasteiger partial charge in [0.2, 0.25) is 0 Å². The molecule has 0 radical (unpaired) electrons. The Kier molecular flexibility index (Phi) is 2.20. The summed E-state index contributed by atoms with van der Waals surface area (Å²) in [7, 11) is 0. The fraction of sp³-hybridized carbons (Fsp3) is 0.714. The van der Waals surface area contributed by atoms with Crippen LogP contribution in [0.5, 0.6) is 0 Å². The maximum Gasteiger partial charge on any atom is 0.333 e. The minimum Gasteiger partial charge on any atom is -0.458 e. The minimum atomic E-state index is -0.388. The van der Waals surface area contributed by atoms with E-state index in [-0.39, 0.29) is 47.3 Å². The molecule has 0 aromatic heterocycles. The first kappa shape index (κ1) is 11.8. The van der Waals surface area contributed by atoms with Crippen LogP contribution in [0.4, 0.5) is 0 Å². The fourth-order valence-corrected chi connectivity index (χ4v) is 4.06. The maximum atomic E-state index is 11.8. The zero-order valence-corrected chi connectivity index (χ0v) is 10.9. The van der Waals surface area contributed by atoms with E-state index in [4.69, 9.17) is 9.47 Å². The van der Waals surface area contributed by atoms with Gasteiger partial charge in [0.1, 0.15) is 12.2 Å². The zero-order chi connectivity index (χ0) is 13.2. The predicted octanol–water partition coefficient (Wildman–Crippen LogP) is 1.69. The molecule has 1 saturated heterocycles. The van der Waals surface area contributed by atoms with Gasteiger partial charge in [0.05, 0.1) is 5.92 Å². The van der Waals surface area contributed by atoms with Crippen LogP contribution in [0.3, 0.4) is 0 Å². The Morgan fingerprint density at radius 2 is 2.22 bits per heavy atom. The van der Waals surface area contributed by atoms with E-state index in [0.717, 1.165) is 6.42 Å². The molecule has 6 unspecified atom stereocenters. The number of hydrogen-bond acceptors (Lipinski definition) is 4. The van der Waals surface area contributed by atoms with E-state index >= 15 is 0 Å². The third-order valence-corrected chi connectivity index (χ3v) is 5.19. The lowest BCUT2D eigenvalue weighted by Gasteiger charge is -2.37. The minimum absolute atomic E-state index is 0.000204. The summed E-state index contributed by atoms with van der Waals surface area (Å²) in [6, 6.07) is 0. The molecule has 1 aliphatic heterocycles. The summed E-state index contributed by atoms with van der Waals surface area (Å²) in [5.41, 5.74) is 0.243. The van der Waals surface area contributed by atoms with Crippen molar-refractivity contribution in [2.24, 2.45) is 23.2 Å². The summed E-state index contributed by atoms with van der Waals surface area (Å²) in [6.07, 6.45) is 0.347. The number of ether oxygens (including phenoxy) is 2. The molecule has 98 valence electrons. The van der Waals surface area contributed by atoms with Crippen molar-refractivity contribution in [2.75, 3.05) is 0 Å². The topological polar surface area (TPSA) is 52.6 Å². The first-order chi connectivity index (χ1) is 8.36. The van der Waals surface area contributed by atoms with Crippen molar-refractivity contribution in [2.45, 2.75) is 39.4 Å². The molecule has 3 fully saturated rings. The summed E-state index contributed by atoms with van der Waals surface area (Å²) in [4.78, 5) is 23.5. The van der Waals surface area contributed by atoms with E-state index in [1.54, 1.807) is 6.92 Å². The molecule has 3 aliphatic rings. The van der Waals surface area contributed by atoms with E-state index in [2.05, 4.69) is 20.4 Å². The Morgan fingerprint density at radius 1 is 1.56 bits per heavy atom. The second kappa shape index (κ2) is 3.37. The summed E-state index contributed by atoms with van der Waals surface area (Å²) < 4.78 is 11.0. The van der Waals surface area contributed by atoms with E-state index in [0.29, 0.717) is 5.57 Å². The second-order valence-electron chi connectivity index (χ2n) is 6.20. The first-order valence-corrected chi connectivity index (χ1v) is 6.43. The van der Waals surface area contributed by atoms with Crippen molar-refractivity contribution >= 4 is 11.9 Å². The average molecular weight is 250 g/mol. The van der Waals surface area contributed by atoms with Gasteiger partial charge in [0.15, 0.2) is 0 Å². The van der Waals surface area contributed by atoms with Gasteiger partial charge in [-0.25, -0.2) is 4.79 Å². The molecule has 0 aromatic carbocycles. The summed E-state index contributed by atoms with van der Waals surface area (Å²) in [5.74, 6) is -0.0764. The monoisotopic (exact) mass is 250 g/mol. The Balaban J connectivity index is 1.91. The van der Waals surface area contributed by atoms with Crippen LogP contribution in [0.2, 0.25) is 0 Å². The number of hydrogen-bond donors (Lipinski definition) is 0. The summed E-state index contributed by atoms with van der Waals surface area (Å²) in [5, 5.41) is 0. The number of carbonyl (C=O) groups is 2. The fourth-order valence-electron chi connectivity index (χ4n) is 4.06. The zero-order valence-electron chi connectivity index (χ0n) is 10.9. The van der Waals surface area contributed by atoms with Gasteiger partial charge in [-0.3, -0.25) is 4.79 Å². The highest BCUT2D eigenvalue weighted by Gasteiger charge is 2.72. The Bertz CT molecular complexity index is 453. The molecule has 3 rings (SSSR count). The van der Waals surface area contributed by atoms with Crippen LogP contribution in [0.15, 0.2) is 12.2 Å². The van der Waals surface area contributed by atoms with E-state index in [1.807, 2.05) is 0 Å². The Labute approximate surface area is 106 Å². The molecular weight excluding hydrogens is 232 g/mol. The Morgan fingerprint density at radius 3 is 2.83 bits per heavy atom. The van der Waals surface area contributed by atoms with Gasteiger partial charge in [-0.2, -0.15) is 0 Å². The van der Waals surface area contributed by atoms with Gasteiger partial charge in [-0.1, -0.05) is 20.4 Å². The third kappa shape index (κ3) is 1.21. The van der Waals surface area contributed by atoms with Gasteiger partial charge in [-0.15, -0.1) is 0 Å². The third-order valence-electron chi connectivity index (χ3n) is 5.19. The summed E-state index contributed by atoms with van der Waals surface area (Å²) >= 11 is 0. The number of esters is 2. The van der Waals surface area contributed by atoms with Gasteiger partial charge >= 0.3 is 11.9 Å². The van der Waals surface area contributed by atoms with Crippen molar-refractivity contribution in [3.05, 3.63) is 12.2 Å². The quantitative estimate of drug-likeness (QED) is 0.553. The predicted molar refractivity (Wildman–Crippen MR) is 63.4 cm³/mol. The van der Waals surface area contributed by atoms with Crippen LogP contribution in [0.25, 0.3) is 0 Å². The SMILES string of the molecule is C=C(C)C(=O)OC1C2OC(=O)C3C2CC1(C)C3C. The lowest BCUT2D eigenvalue weighted by Crippen LogP contribution is -2.45. The molecule has 4 nitrogen and oxygen atoms in total. The number of fused-ring (bicyclic) bond motifs is 1. The Hall–Kier alpha value is -1.32. The van der Waals surface area contributed by atoms with Gasteiger partial charge in [-0.05, 0) is 19.3 Å². The molecule has 2 aliphatic carbocycles. The largest absolute Gasteiger partial charge is 0.458 e. The van der Waals surface area contributed by atoms with E-state index < -0.39 is 0 Å². The highest BCUT2D eigenvalue weighted by atomic mass is 16.6. The van der Waals surface area contributed by atoms with E-state index in [1.165, 1.54) is 0 Å². The second-order valence-corrected chi connectivity index (χ2v) is 6.20. The van der Waals surface area contributed by atoms with Crippen LogP contribution < -0.4 is 0 Å². The van der Waals surface area contributed by atoms with Crippen molar-refractivity contribution in [1.29, 1.82) is 0 Å². The molecule has 2 saturated carbocycles. The molecule has 2 bridgehead atoms. The van der Waals surface area contributed by atoms with Crippen molar-refractivity contribution in [1.82, 2.24) is 0 Å². The molecule has 0 N–H and O–H groups in total. The average Bonchev–Trinajstić information content (AvgIpc) is 2.80. The van der Waals surface area contributed by atoms with Crippen molar-refractivity contribution in [3.63, 3.8) is 0 Å². The highest BCUT2D eigenvalue weighted by Crippen LogP contribution is 2.65. The van der Waals surface area contributed by atoms with E-state index in [9.17, 15) is 9.59 Å². The van der Waals surface area contributed by atoms with Crippen molar-refractivity contribution < 1.29 is 19.1 Å². The number of rotatable bonds is 2. The molecule has 0 aromatic rings. The van der Waals surface area contributed by atoms with Gasteiger partial charge in [0, 0.05) is 16.9 Å². The standard InChI is InChI=1S/C14H18O4/c1-6(2)12(15)18-11-10-8-5-14(11,4)7(3)9(8)13(16)17-10/h7-11H,1,5H2,2-4H3. The lowest BCUT2D eigenvalue weighted by atomic mass is 9.71. The molecule has 0 amide bonds. The molecule has 6 atom stereocenters. The lowest BCUT2D eigenvalue weighted by molar-refractivity contribution is -0.163. The maximum absolute atomic E-state index is 11.8. The molecular formula is C14H18O4. The van der Waals surface area contributed by atoms with Gasteiger partial charge < -0.3 is 9.47 Å².